The Hall–Kier alpha value is -0.920. The average molecular weight is 436 g/mol. The fourth-order valence-electron chi connectivity index (χ4n) is 2.13. The van der Waals surface area contributed by atoms with Crippen LogP contribution in [0.25, 0.3) is 0 Å². The van der Waals surface area contributed by atoms with Crippen LogP contribution in [0.15, 0.2) is 26.2 Å². The zero-order chi connectivity index (χ0) is 16.8. The number of aliphatic hydroxyl groups is 1. The number of halogens is 2. The number of hydrazone groups is 1. The maximum Gasteiger partial charge on any atom is 0.271 e. The minimum Gasteiger partial charge on any atom is -0.506 e. The van der Waals surface area contributed by atoms with Gasteiger partial charge in [-0.3, -0.25) is 4.79 Å². The third kappa shape index (κ3) is 5.07. The molecule has 0 unspecified atom stereocenters. The Morgan fingerprint density at radius 1 is 1.32 bits per heavy atom. The van der Waals surface area contributed by atoms with E-state index < -0.39 is 11.5 Å². The molecular formula is C15H20Br2N2O3. The van der Waals surface area contributed by atoms with Crippen LogP contribution in [0.2, 0.25) is 0 Å². The Kier molecular flexibility index (Phi) is 7.52. The van der Waals surface area contributed by atoms with Gasteiger partial charge in [0.2, 0.25) is 0 Å². The van der Waals surface area contributed by atoms with Gasteiger partial charge < -0.3 is 10.2 Å². The van der Waals surface area contributed by atoms with Crippen molar-refractivity contribution in [1.29, 1.82) is 0 Å². The number of benzene rings is 1. The summed E-state index contributed by atoms with van der Waals surface area (Å²) in [5.74, 6) is -0.500. The normalized spacial score (nSPS) is 11.9. The number of hydrogen-bond acceptors (Lipinski definition) is 4. The van der Waals surface area contributed by atoms with Crippen LogP contribution in [0.5, 0.6) is 5.75 Å². The summed E-state index contributed by atoms with van der Waals surface area (Å²) in [6, 6.07) is 3.37. The largest absolute Gasteiger partial charge is 0.506 e. The fraction of sp³-hybridized carbons (Fsp3) is 0.467. The number of nitrogens with one attached hydrogen (secondary N) is 1. The molecule has 1 aromatic carbocycles. The van der Waals surface area contributed by atoms with E-state index in [1.165, 1.54) is 6.21 Å². The maximum absolute atomic E-state index is 12.1. The van der Waals surface area contributed by atoms with Gasteiger partial charge >= 0.3 is 0 Å². The van der Waals surface area contributed by atoms with Gasteiger partial charge in [-0.2, -0.15) is 5.10 Å². The van der Waals surface area contributed by atoms with E-state index in [-0.39, 0.29) is 5.75 Å². The van der Waals surface area contributed by atoms with Crippen molar-refractivity contribution in [3.8, 4) is 5.75 Å². The topological polar surface area (TPSA) is 81.9 Å². The lowest BCUT2D eigenvalue weighted by Gasteiger charge is -2.24. The van der Waals surface area contributed by atoms with E-state index in [0.717, 1.165) is 4.47 Å². The second-order valence-corrected chi connectivity index (χ2v) is 6.83. The number of nitrogens with zero attached hydrogens (tertiary/aromatic N) is 1. The Bertz CT molecular complexity index is 556. The summed E-state index contributed by atoms with van der Waals surface area (Å²) in [5, 5.41) is 24.1. The standard InChI is InChI=1S/C15H20Br2N2O3/c1-3-5-15(22,6-4-2)14(21)19-18-9-10-7-11(16)8-12(17)13(10)20/h7-9,20,22H,3-6H2,1-2H3,(H,19,21)/b18-9-. The molecule has 1 amide bonds. The first-order valence-electron chi connectivity index (χ1n) is 7.08. The van der Waals surface area contributed by atoms with Crippen LogP contribution < -0.4 is 5.43 Å². The highest BCUT2D eigenvalue weighted by molar-refractivity contribution is 9.11. The summed E-state index contributed by atoms with van der Waals surface area (Å²) in [6.07, 6.45) is 3.51. The molecule has 1 rings (SSSR count). The van der Waals surface area contributed by atoms with Crippen LogP contribution >= 0.6 is 31.9 Å². The molecule has 122 valence electrons. The van der Waals surface area contributed by atoms with Crippen LogP contribution in [-0.2, 0) is 4.79 Å². The molecule has 0 aliphatic carbocycles. The molecule has 5 nitrogen and oxygen atoms in total. The van der Waals surface area contributed by atoms with E-state index in [2.05, 4.69) is 42.4 Å². The number of rotatable bonds is 7. The van der Waals surface area contributed by atoms with Gasteiger partial charge in [0.1, 0.15) is 11.4 Å². The van der Waals surface area contributed by atoms with Gasteiger partial charge in [-0.1, -0.05) is 42.6 Å². The molecule has 0 heterocycles. The van der Waals surface area contributed by atoms with Crippen molar-refractivity contribution in [3.63, 3.8) is 0 Å². The molecule has 0 saturated carbocycles. The SMILES string of the molecule is CCCC(O)(CCC)C(=O)N/N=C\c1cc(Br)cc(Br)c1O. The Balaban J connectivity index is 2.82. The van der Waals surface area contributed by atoms with Crippen molar-refractivity contribution < 1.29 is 15.0 Å². The highest BCUT2D eigenvalue weighted by atomic mass is 79.9. The number of amides is 1. The molecule has 7 heteroatoms. The van der Waals surface area contributed by atoms with Crippen molar-refractivity contribution in [1.82, 2.24) is 5.43 Å². The molecule has 0 aliphatic rings. The van der Waals surface area contributed by atoms with Gasteiger partial charge in [-0.05, 0) is 40.9 Å². The zero-order valence-corrected chi connectivity index (χ0v) is 15.7. The average Bonchev–Trinajstić information content (AvgIpc) is 2.44. The van der Waals surface area contributed by atoms with Crippen molar-refractivity contribution in [2.24, 2.45) is 5.10 Å². The van der Waals surface area contributed by atoms with E-state index in [9.17, 15) is 15.0 Å². The highest BCUT2D eigenvalue weighted by Crippen LogP contribution is 2.30. The summed E-state index contributed by atoms with van der Waals surface area (Å²) >= 11 is 6.53. The maximum atomic E-state index is 12.1. The second kappa shape index (κ2) is 8.64. The molecule has 3 N–H and O–H groups in total. The minimum absolute atomic E-state index is 0.0265. The Morgan fingerprint density at radius 3 is 2.45 bits per heavy atom. The summed E-state index contributed by atoms with van der Waals surface area (Å²) in [7, 11) is 0. The number of carbonyl (C=O) groups excluding carboxylic acids is 1. The molecule has 0 fully saturated rings. The van der Waals surface area contributed by atoms with Gasteiger partial charge in [-0.25, -0.2) is 5.43 Å². The number of carbonyl (C=O) groups is 1. The monoisotopic (exact) mass is 434 g/mol. The lowest BCUT2D eigenvalue weighted by atomic mass is 9.92. The van der Waals surface area contributed by atoms with E-state index >= 15 is 0 Å². The van der Waals surface area contributed by atoms with E-state index in [4.69, 9.17) is 0 Å². The summed E-state index contributed by atoms with van der Waals surface area (Å²) in [4.78, 5) is 12.1. The highest BCUT2D eigenvalue weighted by Gasteiger charge is 2.33. The third-order valence-electron chi connectivity index (χ3n) is 3.18. The van der Waals surface area contributed by atoms with E-state index in [1.54, 1.807) is 12.1 Å². The first-order chi connectivity index (χ1) is 10.3. The first-order valence-corrected chi connectivity index (χ1v) is 8.66. The lowest BCUT2D eigenvalue weighted by molar-refractivity contribution is -0.141. The first kappa shape index (κ1) is 19.1. The molecule has 0 radical (unpaired) electrons. The molecular weight excluding hydrogens is 416 g/mol. The van der Waals surface area contributed by atoms with E-state index in [1.807, 2.05) is 13.8 Å². The van der Waals surface area contributed by atoms with Crippen LogP contribution in [0.3, 0.4) is 0 Å². The minimum atomic E-state index is -1.40. The molecule has 0 aliphatic heterocycles. The Labute approximate surface area is 147 Å². The molecule has 22 heavy (non-hydrogen) atoms. The summed E-state index contributed by atoms with van der Waals surface area (Å²) in [5.41, 5.74) is 1.39. The van der Waals surface area contributed by atoms with E-state index in [0.29, 0.717) is 35.7 Å². The van der Waals surface area contributed by atoms with Gasteiger partial charge in [0, 0.05) is 10.0 Å². The number of phenols is 1. The number of aromatic hydroxyl groups is 1. The van der Waals surface area contributed by atoms with Crippen molar-refractivity contribution >= 4 is 44.0 Å². The molecule has 0 spiro atoms. The summed E-state index contributed by atoms with van der Waals surface area (Å²) < 4.78 is 1.28. The number of hydrogen-bond donors (Lipinski definition) is 3. The fourth-order valence-corrected chi connectivity index (χ4v) is 3.39. The predicted octanol–water partition coefficient (Wildman–Crippen LogP) is 3.70. The third-order valence-corrected chi connectivity index (χ3v) is 4.24. The van der Waals surface area contributed by atoms with Crippen molar-refractivity contribution in [2.75, 3.05) is 0 Å². The predicted molar refractivity (Wildman–Crippen MR) is 94.0 cm³/mol. The summed E-state index contributed by atoms with van der Waals surface area (Å²) in [6.45, 7) is 3.82. The van der Waals surface area contributed by atoms with Gasteiger partial charge in [0.15, 0.2) is 0 Å². The van der Waals surface area contributed by atoms with Gasteiger partial charge in [0.05, 0.1) is 10.7 Å². The zero-order valence-electron chi connectivity index (χ0n) is 12.6. The quantitative estimate of drug-likeness (QED) is 0.451. The van der Waals surface area contributed by atoms with Gasteiger partial charge in [0.25, 0.3) is 5.91 Å². The van der Waals surface area contributed by atoms with Crippen molar-refractivity contribution in [2.45, 2.75) is 45.1 Å². The number of phenolic OH excluding ortho intramolecular Hbond substituents is 1. The molecule has 0 bridgehead atoms. The van der Waals surface area contributed by atoms with Crippen molar-refractivity contribution in [3.05, 3.63) is 26.6 Å². The molecule has 0 saturated heterocycles. The smallest absolute Gasteiger partial charge is 0.271 e. The molecule has 0 aromatic heterocycles. The van der Waals surface area contributed by atoms with Crippen LogP contribution in [0.4, 0.5) is 0 Å². The molecule has 0 atom stereocenters. The van der Waals surface area contributed by atoms with Crippen LogP contribution in [0, 0.1) is 0 Å². The second-order valence-electron chi connectivity index (χ2n) is 5.06. The Morgan fingerprint density at radius 2 is 1.91 bits per heavy atom. The van der Waals surface area contributed by atoms with Gasteiger partial charge in [-0.15, -0.1) is 0 Å². The molecule has 1 aromatic rings. The van der Waals surface area contributed by atoms with Crippen LogP contribution in [-0.4, -0.2) is 27.9 Å². The lowest BCUT2D eigenvalue weighted by Crippen LogP contribution is -2.45. The van der Waals surface area contributed by atoms with Crippen LogP contribution in [0.1, 0.15) is 45.1 Å².